The second kappa shape index (κ2) is 6.10. The number of amides is 1. The first-order chi connectivity index (χ1) is 9.60. The van der Waals surface area contributed by atoms with Gasteiger partial charge < -0.3 is 19.0 Å². The molecule has 0 aliphatic heterocycles. The normalized spacial score (nSPS) is 10.3. The maximum Gasteiger partial charge on any atom is 0.240 e. The van der Waals surface area contributed by atoms with E-state index in [-0.39, 0.29) is 23.6 Å². The molecular weight excluding hydrogens is 260 g/mol. The van der Waals surface area contributed by atoms with E-state index in [1.807, 2.05) is 0 Å². The van der Waals surface area contributed by atoms with Gasteiger partial charge in [-0.2, -0.15) is 0 Å². The summed E-state index contributed by atoms with van der Waals surface area (Å²) < 4.78 is 11.8. The van der Waals surface area contributed by atoms with Crippen LogP contribution in [-0.4, -0.2) is 17.6 Å². The first-order valence-electron chi connectivity index (χ1n) is 6.14. The van der Waals surface area contributed by atoms with Gasteiger partial charge in [-0.3, -0.25) is 9.59 Å². The Morgan fingerprint density at radius 3 is 2.95 bits per heavy atom. The summed E-state index contributed by atoms with van der Waals surface area (Å²) >= 11 is 0. The van der Waals surface area contributed by atoms with E-state index in [9.17, 15) is 9.59 Å². The highest BCUT2D eigenvalue weighted by Crippen LogP contribution is 2.05. The quantitative estimate of drug-likeness (QED) is 0.886. The molecule has 1 N–H and O–H groups in total. The van der Waals surface area contributed by atoms with Gasteiger partial charge in [0.1, 0.15) is 12.3 Å². The van der Waals surface area contributed by atoms with Crippen LogP contribution in [0.1, 0.15) is 11.5 Å². The molecule has 0 aliphatic carbocycles. The van der Waals surface area contributed by atoms with Gasteiger partial charge in [-0.25, -0.2) is 0 Å². The summed E-state index contributed by atoms with van der Waals surface area (Å²) in [6, 6.07) is 4.99. The minimum Gasteiger partial charge on any atom is -0.491 e. The SMILES string of the molecule is COc1cn(CC(=O)NCc2ccco2)c(C)cc1=O. The molecule has 20 heavy (non-hydrogen) atoms. The number of methoxy groups -OCH3 is 1. The van der Waals surface area contributed by atoms with E-state index < -0.39 is 0 Å². The van der Waals surface area contributed by atoms with Crippen LogP contribution in [-0.2, 0) is 17.9 Å². The molecule has 6 nitrogen and oxygen atoms in total. The van der Waals surface area contributed by atoms with Crippen molar-refractivity contribution in [2.45, 2.75) is 20.0 Å². The number of aryl methyl sites for hydroxylation is 1. The van der Waals surface area contributed by atoms with E-state index in [2.05, 4.69) is 5.32 Å². The lowest BCUT2D eigenvalue weighted by atomic mass is 10.3. The van der Waals surface area contributed by atoms with Gasteiger partial charge >= 0.3 is 0 Å². The van der Waals surface area contributed by atoms with Gasteiger partial charge in [-0.1, -0.05) is 0 Å². The zero-order chi connectivity index (χ0) is 14.5. The molecule has 2 heterocycles. The van der Waals surface area contributed by atoms with E-state index in [0.29, 0.717) is 18.0 Å². The number of nitrogens with one attached hydrogen (secondary N) is 1. The number of hydrogen-bond acceptors (Lipinski definition) is 4. The average molecular weight is 276 g/mol. The molecule has 0 saturated carbocycles. The fraction of sp³-hybridized carbons (Fsp3) is 0.286. The molecule has 6 heteroatoms. The third-order valence-electron chi connectivity index (χ3n) is 2.88. The topological polar surface area (TPSA) is 73.5 Å². The van der Waals surface area contributed by atoms with Crippen molar-refractivity contribution in [3.63, 3.8) is 0 Å². The molecule has 0 saturated heterocycles. The molecule has 0 unspecified atom stereocenters. The Morgan fingerprint density at radius 1 is 1.50 bits per heavy atom. The Hall–Kier alpha value is -2.50. The van der Waals surface area contributed by atoms with Crippen LogP contribution in [0.5, 0.6) is 5.75 Å². The lowest BCUT2D eigenvalue weighted by molar-refractivity contribution is -0.121. The number of furan rings is 1. The van der Waals surface area contributed by atoms with Crippen molar-refractivity contribution in [3.8, 4) is 5.75 Å². The average Bonchev–Trinajstić information content (AvgIpc) is 2.93. The fourth-order valence-corrected chi connectivity index (χ4v) is 1.78. The maximum absolute atomic E-state index is 11.9. The standard InChI is InChI=1S/C14H16N2O4/c1-10-6-12(17)13(19-2)8-16(10)9-14(18)15-7-11-4-3-5-20-11/h3-6,8H,7,9H2,1-2H3,(H,15,18). The Balaban J connectivity index is 2.02. The van der Waals surface area contributed by atoms with E-state index in [4.69, 9.17) is 9.15 Å². The van der Waals surface area contributed by atoms with Crippen molar-refractivity contribution in [2.24, 2.45) is 0 Å². The maximum atomic E-state index is 11.9. The second-order valence-corrected chi connectivity index (χ2v) is 4.33. The summed E-state index contributed by atoms with van der Waals surface area (Å²) in [6.45, 7) is 2.21. The number of hydrogen-bond donors (Lipinski definition) is 1. The highest BCUT2D eigenvalue weighted by Gasteiger charge is 2.08. The summed E-state index contributed by atoms with van der Waals surface area (Å²) in [5.41, 5.74) is 0.501. The molecule has 0 radical (unpaired) electrons. The predicted octanol–water partition coefficient (Wildman–Crippen LogP) is 1.07. The molecule has 0 aliphatic rings. The Labute approximate surface area is 116 Å². The largest absolute Gasteiger partial charge is 0.491 e. The highest BCUT2D eigenvalue weighted by atomic mass is 16.5. The fourth-order valence-electron chi connectivity index (χ4n) is 1.78. The molecule has 0 aromatic carbocycles. The van der Waals surface area contributed by atoms with Crippen LogP contribution >= 0.6 is 0 Å². The van der Waals surface area contributed by atoms with E-state index in [1.54, 1.807) is 29.9 Å². The number of nitrogens with zero attached hydrogens (tertiary/aromatic N) is 1. The van der Waals surface area contributed by atoms with E-state index >= 15 is 0 Å². The minimum absolute atomic E-state index is 0.114. The molecule has 2 aromatic rings. The highest BCUT2D eigenvalue weighted by molar-refractivity contribution is 5.75. The number of pyridine rings is 1. The van der Waals surface area contributed by atoms with Crippen molar-refractivity contribution in [2.75, 3.05) is 7.11 Å². The van der Waals surface area contributed by atoms with Gasteiger partial charge in [0.2, 0.25) is 11.3 Å². The Kier molecular flexibility index (Phi) is 4.24. The van der Waals surface area contributed by atoms with Crippen molar-refractivity contribution in [1.82, 2.24) is 9.88 Å². The first kappa shape index (κ1) is 13.9. The molecule has 1 amide bonds. The zero-order valence-electron chi connectivity index (χ0n) is 11.4. The third-order valence-corrected chi connectivity index (χ3v) is 2.88. The molecule has 0 spiro atoms. The predicted molar refractivity (Wildman–Crippen MR) is 72.5 cm³/mol. The summed E-state index contributed by atoms with van der Waals surface area (Å²) in [5, 5.41) is 2.74. The monoisotopic (exact) mass is 276 g/mol. The van der Waals surface area contributed by atoms with Gasteiger partial charge in [0.25, 0.3) is 0 Å². The zero-order valence-corrected chi connectivity index (χ0v) is 11.4. The molecule has 0 fully saturated rings. The van der Waals surface area contributed by atoms with Crippen LogP contribution in [0.15, 0.2) is 39.9 Å². The van der Waals surface area contributed by atoms with Crippen molar-refractivity contribution in [1.29, 1.82) is 0 Å². The van der Waals surface area contributed by atoms with Crippen molar-refractivity contribution >= 4 is 5.91 Å². The lowest BCUT2D eigenvalue weighted by Crippen LogP contribution is -2.28. The molecule has 2 rings (SSSR count). The third kappa shape index (κ3) is 3.28. The Morgan fingerprint density at radius 2 is 2.30 bits per heavy atom. The van der Waals surface area contributed by atoms with Gasteiger partial charge in [0.15, 0.2) is 5.75 Å². The first-order valence-corrected chi connectivity index (χ1v) is 6.14. The van der Waals surface area contributed by atoms with Crippen LogP contribution < -0.4 is 15.5 Å². The second-order valence-electron chi connectivity index (χ2n) is 4.33. The lowest BCUT2D eigenvalue weighted by Gasteiger charge is -2.11. The molecular formula is C14H16N2O4. The smallest absolute Gasteiger partial charge is 0.240 e. The number of rotatable bonds is 5. The number of ether oxygens (including phenoxy) is 1. The molecule has 106 valence electrons. The van der Waals surface area contributed by atoms with Gasteiger partial charge in [-0.05, 0) is 19.1 Å². The summed E-state index contributed by atoms with van der Waals surface area (Å²) in [5.74, 6) is 0.734. The summed E-state index contributed by atoms with van der Waals surface area (Å²) in [6.07, 6.45) is 3.09. The van der Waals surface area contributed by atoms with Crippen LogP contribution in [0.2, 0.25) is 0 Å². The molecule has 0 atom stereocenters. The number of carbonyl (C=O) groups is 1. The molecule has 2 aromatic heterocycles. The van der Waals surface area contributed by atoms with E-state index in [0.717, 1.165) is 0 Å². The van der Waals surface area contributed by atoms with Crippen LogP contribution in [0, 0.1) is 6.92 Å². The van der Waals surface area contributed by atoms with E-state index in [1.165, 1.54) is 19.4 Å². The Bertz CT molecular complexity index is 644. The number of carbonyl (C=O) groups excluding carboxylic acids is 1. The van der Waals surface area contributed by atoms with Crippen molar-refractivity contribution in [3.05, 3.63) is 52.3 Å². The van der Waals surface area contributed by atoms with Crippen LogP contribution in [0.25, 0.3) is 0 Å². The van der Waals surface area contributed by atoms with Gasteiger partial charge in [-0.15, -0.1) is 0 Å². The summed E-state index contributed by atoms with van der Waals surface area (Å²) in [7, 11) is 1.42. The number of aromatic nitrogens is 1. The molecule has 0 bridgehead atoms. The van der Waals surface area contributed by atoms with Crippen LogP contribution in [0.3, 0.4) is 0 Å². The van der Waals surface area contributed by atoms with Gasteiger partial charge in [0.05, 0.1) is 26.1 Å². The van der Waals surface area contributed by atoms with Crippen molar-refractivity contribution < 1.29 is 13.9 Å². The minimum atomic E-state index is -0.197. The summed E-state index contributed by atoms with van der Waals surface area (Å²) in [4.78, 5) is 23.4. The van der Waals surface area contributed by atoms with Gasteiger partial charge in [0, 0.05) is 11.8 Å². The van der Waals surface area contributed by atoms with Crippen LogP contribution in [0.4, 0.5) is 0 Å².